The average Bonchev–Trinajstić information content (AvgIpc) is 3.12. The van der Waals surface area contributed by atoms with Gasteiger partial charge in [-0.25, -0.2) is 0 Å². The van der Waals surface area contributed by atoms with Crippen molar-refractivity contribution in [1.29, 1.82) is 0 Å². The molecule has 0 saturated carbocycles. The summed E-state index contributed by atoms with van der Waals surface area (Å²) in [7, 11) is 1.37. The Morgan fingerprint density at radius 2 is 1.86 bits per heavy atom. The molecule has 1 atom stereocenters. The van der Waals surface area contributed by atoms with Crippen molar-refractivity contribution in [3.63, 3.8) is 0 Å². The van der Waals surface area contributed by atoms with E-state index in [2.05, 4.69) is 0 Å². The van der Waals surface area contributed by atoms with Crippen LogP contribution in [0.1, 0.15) is 27.6 Å². The van der Waals surface area contributed by atoms with Gasteiger partial charge in [0.25, 0.3) is 0 Å². The van der Waals surface area contributed by atoms with E-state index < -0.39 is 17.6 Å². The Morgan fingerprint density at radius 1 is 1.14 bits per heavy atom. The van der Waals surface area contributed by atoms with Gasteiger partial charge in [0.1, 0.15) is 0 Å². The number of carbonyl (C=O) groups excluding carboxylic acids is 2. The van der Waals surface area contributed by atoms with E-state index in [0.29, 0.717) is 5.57 Å². The first-order valence-corrected chi connectivity index (χ1v) is 6.72. The number of phenolic OH excluding ortho intramolecular Hbond substituents is 1. The number of benzene rings is 1. The summed E-state index contributed by atoms with van der Waals surface area (Å²) in [5.74, 6) is -0.969. The Morgan fingerprint density at radius 3 is 2.59 bits per heavy atom. The number of fused-ring (bicyclic) bond motifs is 2. The zero-order valence-corrected chi connectivity index (χ0v) is 11.9. The van der Waals surface area contributed by atoms with Crippen LogP contribution in [0.15, 0.2) is 11.1 Å². The van der Waals surface area contributed by atoms with E-state index in [4.69, 9.17) is 18.9 Å². The van der Waals surface area contributed by atoms with E-state index >= 15 is 0 Å². The Kier molecular flexibility index (Phi) is 2.53. The maximum absolute atomic E-state index is 12.7. The van der Waals surface area contributed by atoms with Gasteiger partial charge in [-0.3, -0.25) is 9.59 Å². The van der Waals surface area contributed by atoms with Gasteiger partial charge in [0.05, 0.1) is 30.9 Å². The van der Waals surface area contributed by atoms with Crippen molar-refractivity contribution < 1.29 is 33.6 Å². The molecule has 1 aromatic rings. The van der Waals surface area contributed by atoms with Crippen LogP contribution in [0.2, 0.25) is 0 Å². The number of rotatable bonds is 1. The fourth-order valence-corrected chi connectivity index (χ4v) is 3.12. The Balaban J connectivity index is 2.07. The largest absolute Gasteiger partial charge is 0.504 e. The molecule has 0 amide bonds. The van der Waals surface area contributed by atoms with Crippen LogP contribution in [-0.2, 0) is 4.74 Å². The molecule has 7 nitrogen and oxygen atoms in total. The van der Waals surface area contributed by atoms with Crippen LogP contribution in [0.3, 0.4) is 0 Å². The van der Waals surface area contributed by atoms with Crippen LogP contribution < -0.4 is 14.2 Å². The third kappa shape index (κ3) is 1.38. The number of hydrogen-bond donors (Lipinski definition) is 1. The molecular formula is C15H12O7. The van der Waals surface area contributed by atoms with E-state index in [1.54, 1.807) is 6.92 Å². The summed E-state index contributed by atoms with van der Waals surface area (Å²) in [5.41, 5.74) is 0.489. The molecule has 114 valence electrons. The molecule has 1 unspecified atom stereocenters. The zero-order chi connectivity index (χ0) is 15.6. The lowest BCUT2D eigenvalue weighted by atomic mass is 9.82. The Hall–Kier alpha value is -2.54. The SMILES string of the molecule is COc1c2c(c(O)c3c1C(=O)C1=C(C3=O)C(C)OC1)OCO2. The lowest BCUT2D eigenvalue weighted by Crippen LogP contribution is -2.24. The first-order chi connectivity index (χ1) is 10.6. The molecule has 1 aromatic carbocycles. The third-order valence-corrected chi connectivity index (χ3v) is 4.13. The number of carbonyl (C=O) groups is 2. The van der Waals surface area contributed by atoms with Gasteiger partial charge in [-0.05, 0) is 6.92 Å². The summed E-state index contributed by atoms with van der Waals surface area (Å²) in [5, 5.41) is 10.4. The molecule has 22 heavy (non-hydrogen) atoms. The lowest BCUT2D eigenvalue weighted by Gasteiger charge is -2.21. The molecule has 1 N–H and O–H groups in total. The predicted octanol–water partition coefficient (Wildman–Crippen LogP) is 1.22. The first kappa shape index (κ1) is 13.1. The highest BCUT2D eigenvalue weighted by atomic mass is 16.7. The Bertz CT molecular complexity index is 775. The van der Waals surface area contributed by atoms with Crippen LogP contribution >= 0.6 is 0 Å². The number of hydrogen-bond acceptors (Lipinski definition) is 7. The van der Waals surface area contributed by atoms with Crippen molar-refractivity contribution in [3.05, 3.63) is 22.3 Å². The van der Waals surface area contributed by atoms with Crippen molar-refractivity contribution in [2.45, 2.75) is 13.0 Å². The maximum Gasteiger partial charge on any atom is 0.231 e. The van der Waals surface area contributed by atoms with Gasteiger partial charge in [-0.2, -0.15) is 0 Å². The van der Waals surface area contributed by atoms with E-state index in [1.165, 1.54) is 7.11 Å². The van der Waals surface area contributed by atoms with E-state index in [-0.39, 0.29) is 53.1 Å². The molecule has 0 fully saturated rings. The summed E-state index contributed by atoms with van der Waals surface area (Å²) in [6.07, 6.45) is -0.490. The van der Waals surface area contributed by atoms with Gasteiger partial charge in [-0.1, -0.05) is 0 Å². The minimum atomic E-state index is -0.490. The van der Waals surface area contributed by atoms with Crippen molar-refractivity contribution in [1.82, 2.24) is 0 Å². The van der Waals surface area contributed by atoms with Gasteiger partial charge in [0, 0.05) is 11.1 Å². The molecule has 7 heteroatoms. The normalized spacial score (nSPS) is 22.0. The van der Waals surface area contributed by atoms with Crippen LogP contribution in [0.4, 0.5) is 0 Å². The highest BCUT2D eigenvalue weighted by molar-refractivity contribution is 6.30. The number of phenols is 1. The molecule has 0 radical (unpaired) electrons. The molecule has 2 heterocycles. The molecule has 0 spiro atoms. The topological polar surface area (TPSA) is 91.3 Å². The summed E-state index contributed by atoms with van der Waals surface area (Å²) < 4.78 is 21.1. The fourth-order valence-electron chi connectivity index (χ4n) is 3.12. The summed E-state index contributed by atoms with van der Waals surface area (Å²) in [6, 6.07) is 0. The molecule has 0 bridgehead atoms. The molecule has 0 aromatic heterocycles. The quantitative estimate of drug-likeness (QED) is 0.834. The number of methoxy groups -OCH3 is 1. The van der Waals surface area contributed by atoms with Crippen LogP contribution in [-0.4, -0.2) is 43.3 Å². The van der Waals surface area contributed by atoms with Crippen molar-refractivity contribution in [2.24, 2.45) is 0 Å². The highest BCUT2D eigenvalue weighted by Gasteiger charge is 2.45. The Labute approximate surface area is 125 Å². The van der Waals surface area contributed by atoms with Gasteiger partial charge in [0.15, 0.2) is 23.1 Å². The van der Waals surface area contributed by atoms with Gasteiger partial charge < -0.3 is 24.1 Å². The van der Waals surface area contributed by atoms with E-state index in [1.807, 2.05) is 0 Å². The standard InChI is InChI=1S/C15H12O7/c1-5-7-6(3-20-5)10(16)9-8(11(7)17)12(18)14-15(13(9)19-2)22-4-21-14/h5,18H,3-4H2,1-2H3. The summed E-state index contributed by atoms with van der Waals surface area (Å²) in [4.78, 5) is 25.5. The first-order valence-electron chi connectivity index (χ1n) is 6.72. The molecule has 3 aliphatic rings. The number of ketones is 2. The van der Waals surface area contributed by atoms with Crippen LogP contribution in [0.25, 0.3) is 0 Å². The summed E-state index contributed by atoms with van der Waals surface area (Å²) in [6.45, 7) is 1.65. The second-order valence-corrected chi connectivity index (χ2v) is 5.20. The molecule has 4 rings (SSSR count). The van der Waals surface area contributed by atoms with Crippen molar-refractivity contribution in [3.8, 4) is 23.0 Å². The number of ether oxygens (including phenoxy) is 4. The maximum atomic E-state index is 12.7. The number of aromatic hydroxyl groups is 1. The molecular weight excluding hydrogens is 292 g/mol. The molecule has 0 saturated heterocycles. The highest BCUT2D eigenvalue weighted by Crippen LogP contribution is 2.54. The van der Waals surface area contributed by atoms with Crippen LogP contribution in [0.5, 0.6) is 23.0 Å². The predicted molar refractivity (Wildman–Crippen MR) is 71.9 cm³/mol. The third-order valence-electron chi connectivity index (χ3n) is 4.13. The molecule has 1 aliphatic carbocycles. The van der Waals surface area contributed by atoms with Crippen molar-refractivity contribution in [2.75, 3.05) is 20.5 Å². The smallest absolute Gasteiger partial charge is 0.231 e. The van der Waals surface area contributed by atoms with Gasteiger partial charge in [-0.15, -0.1) is 0 Å². The summed E-state index contributed by atoms with van der Waals surface area (Å²) >= 11 is 0. The average molecular weight is 304 g/mol. The van der Waals surface area contributed by atoms with E-state index in [9.17, 15) is 14.7 Å². The second-order valence-electron chi connectivity index (χ2n) is 5.20. The number of Topliss-reactive ketones (excluding diaryl/α,β-unsaturated/α-hetero) is 2. The fraction of sp³-hybridized carbons (Fsp3) is 0.333. The van der Waals surface area contributed by atoms with Gasteiger partial charge >= 0.3 is 0 Å². The monoisotopic (exact) mass is 304 g/mol. The minimum Gasteiger partial charge on any atom is -0.504 e. The van der Waals surface area contributed by atoms with E-state index in [0.717, 1.165) is 0 Å². The van der Waals surface area contributed by atoms with Crippen molar-refractivity contribution >= 4 is 11.6 Å². The molecule has 2 aliphatic heterocycles. The van der Waals surface area contributed by atoms with Gasteiger partial charge in [0.2, 0.25) is 18.3 Å². The lowest BCUT2D eigenvalue weighted by molar-refractivity contribution is 0.0957. The zero-order valence-electron chi connectivity index (χ0n) is 11.9. The second kappa shape index (κ2) is 4.23. The van der Waals surface area contributed by atoms with Crippen LogP contribution in [0, 0.1) is 0 Å². The minimum absolute atomic E-state index is 0.00528.